The van der Waals surface area contributed by atoms with E-state index in [4.69, 9.17) is 0 Å². The molecule has 0 amide bonds. The summed E-state index contributed by atoms with van der Waals surface area (Å²) in [6.45, 7) is 0. The van der Waals surface area contributed by atoms with Crippen LogP contribution in [0.4, 0.5) is 0 Å². The molecule has 0 spiro atoms. The zero-order valence-corrected chi connectivity index (χ0v) is 6.18. The van der Waals surface area contributed by atoms with Crippen molar-refractivity contribution in [2.24, 2.45) is 0 Å². The van der Waals surface area contributed by atoms with Crippen molar-refractivity contribution in [3.63, 3.8) is 0 Å². The minimum atomic E-state index is 0. The van der Waals surface area contributed by atoms with E-state index < -0.39 is 0 Å². The van der Waals surface area contributed by atoms with E-state index in [0.717, 1.165) is 0 Å². The van der Waals surface area contributed by atoms with E-state index in [-0.39, 0.29) is 88.9 Å². The molecule has 0 aliphatic heterocycles. The minimum Gasteiger partial charge on any atom is -0.344 e. The summed E-state index contributed by atoms with van der Waals surface area (Å²) in [6.07, 6.45) is 0. The molecule has 0 saturated carbocycles. The molecule has 0 bridgehead atoms. The van der Waals surface area contributed by atoms with Crippen molar-refractivity contribution in [1.82, 2.24) is 6.15 Å². The Bertz CT molecular complexity index is 11.6. The van der Waals surface area contributed by atoms with Crippen LogP contribution in [0, 0.1) is 0 Å². The van der Waals surface area contributed by atoms with Crippen LogP contribution in [-0.2, 0) is 54.4 Å². The first-order valence-corrected chi connectivity index (χ1v) is 0. The molecule has 0 aliphatic rings. The number of hydrogen-bond acceptors (Lipinski definition) is 1. The largest absolute Gasteiger partial charge is 0.344 e. The molecule has 0 unspecified atom stereocenters. The summed E-state index contributed by atoms with van der Waals surface area (Å²) >= 11 is 0. The SMILES string of the molecule is N.[AlH3].[SiH4].[Ti].[Y]. The van der Waals surface area contributed by atoms with Crippen LogP contribution in [0.15, 0.2) is 0 Å². The van der Waals surface area contributed by atoms with Crippen LogP contribution >= 0.6 is 0 Å². The summed E-state index contributed by atoms with van der Waals surface area (Å²) < 4.78 is 0. The third kappa shape index (κ3) is 20.9. The van der Waals surface area contributed by atoms with Gasteiger partial charge >= 0.3 is 0 Å². The molecule has 3 N–H and O–H groups in total. The Morgan fingerprint density at radius 3 is 1.00 bits per heavy atom. The predicted octanol–water partition coefficient (Wildman–Crippen LogP) is -2.48. The molecule has 0 aromatic carbocycles. The van der Waals surface area contributed by atoms with Crippen LogP contribution in [0.3, 0.4) is 0 Å². The quantitative estimate of drug-likeness (QED) is 0.447. The van der Waals surface area contributed by atoms with Crippen molar-refractivity contribution in [3.8, 4) is 0 Å². The van der Waals surface area contributed by atoms with Crippen molar-refractivity contribution in [2.45, 2.75) is 0 Å². The second kappa shape index (κ2) is 31.2. The maximum atomic E-state index is 0. The van der Waals surface area contributed by atoms with E-state index in [1.54, 1.807) is 0 Å². The molecule has 0 rings (SSSR count). The Morgan fingerprint density at radius 1 is 1.00 bits per heavy atom. The van der Waals surface area contributed by atoms with Crippen LogP contribution in [0.25, 0.3) is 0 Å². The van der Waals surface area contributed by atoms with Crippen molar-refractivity contribution >= 4 is 28.3 Å². The molecule has 0 saturated heterocycles. The average molecular weight is 216 g/mol. The molecule has 0 aromatic rings. The van der Waals surface area contributed by atoms with Gasteiger partial charge in [0, 0.05) is 54.4 Å². The first kappa shape index (κ1) is 50.2. The third-order valence-electron chi connectivity index (χ3n) is 0. The summed E-state index contributed by atoms with van der Waals surface area (Å²) in [5.74, 6) is 0. The monoisotopic (exact) mass is 216 g/mol. The molecule has 0 aliphatic carbocycles. The fourth-order valence-corrected chi connectivity index (χ4v) is 0. The Hall–Kier alpha value is 2.53. The second-order valence-corrected chi connectivity index (χ2v) is 0. The van der Waals surface area contributed by atoms with Gasteiger partial charge in [-0.1, -0.05) is 0 Å². The molecule has 0 heterocycles. The van der Waals surface area contributed by atoms with Gasteiger partial charge in [0.05, 0.1) is 0 Å². The normalized spacial score (nSPS) is 0. The summed E-state index contributed by atoms with van der Waals surface area (Å²) in [6, 6.07) is 0. The maximum absolute atomic E-state index is 0. The Labute approximate surface area is 87.5 Å². The topological polar surface area (TPSA) is 35.0 Å². The van der Waals surface area contributed by atoms with Gasteiger partial charge in [0.1, 0.15) is 0 Å². The summed E-state index contributed by atoms with van der Waals surface area (Å²) in [4.78, 5) is 0. The zero-order valence-electron chi connectivity index (χ0n) is 1.78. The Kier molecular flexibility index (Phi) is 313. The molecular weight excluding hydrogens is 206 g/mol. The summed E-state index contributed by atoms with van der Waals surface area (Å²) in [5, 5.41) is 0. The van der Waals surface area contributed by atoms with Gasteiger partial charge in [0.2, 0.25) is 0 Å². The Morgan fingerprint density at radius 2 is 1.00 bits per heavy atom. The molecule has 0 atom stereocenters. The molecular formula is H10AlNSiTiY. The number of hydrogen-bond donors (Lipinski definition) is 1. The van der Waals surface area contributed by atoms with E-state index in [9.17, 15) is 0 Å². The van der Waals surface area contributed by atoms with Crippen molar-refractivity contribution in [2.75, 3.05) is 0 Å². The van der Waals surface area contributed by atoms with Gasteiger partial charge in [-0.2, -0.15) is 0 Å². The van der Waals surface area contributed by atoms with Gasteiger partial charge in [-0.3, -0.25) is 0 Å². The van der Waals surface area contributed by atoms with E-state index in [1.807, 2.05) is 0 Å². The molecule has 29 valence electrons. The van der Waals surface area contributed by atoms with Crippen LogP contribution in [0.1, 0.15) is 0 Å². The van der Waals surface area contributed by atoms with Gasteiger partial charge in [0.25, 0.3) is 0 Å². The van der Waals surface area contributed by atoms with Crippen LogP contribution in [0.2, 0.25) is 0 Å². The van der Waals surface area contributed by atoms with E-state index in [0.29, 0.717) is 0 Å². The average Bonchev–Trinajstić information content (AvgIpc) is 0. The summed E-state index contributed by atoms with van der Waals surface area (Å²) in [5.41, 5.74) is 0. The molecule has 5 heavy (non-hydrogen) atoms. The van der Waals surface area contributed by atoms with E-state index in [1.165, 1.54) is 0 Å². The fraction of sp³-hybridized carbons (Fsp3) is 0. The van der Waals surface area contributed by atoms with Crippen molar-refractivity contribution in [3.05, 3.63) is 0 Å². The Balaban J connectivity index is 0. The minimum absolute atomic E-state index is 0. The third-order valence-corrected chi connectivity index (χ3v) is 0. The van der Waals surface area contributed by atoms with Crippen LogP contribution in [0.5, 0.6) is 0 Å². The first-order valence-electron chi connectivity index (χ1n) is 0. The van der Waals surface area contributed by atoms with Gasteiger partial charge in [-0.05, 0) is 11.0 Å². The molecule has 1 radical (unpaired) electrons. The maximum Gasteiger partial charge on any atom is 0.187 e. The van der Waals surface area contributed by atoms with E-state index >= 15 is 0 Å². The predicted molar refractivity (Wildman–Crippen MR) is 26.3 cm³/mol. The van der Waals surface area contributed by atoms with Crippen LogP contribution in [-0.4, -0.2) is 28.3 Å². The molecule has 1 nitrogen and oxygen atoms in total. The molecule has 0 aromatic heterocycles. The smallest absolute Gasteiger partial charge is 0.187 e. The summed E-state index contributed by atoms with van der Waals surface area (Å²) in [7, 11) is 0. The second-order valence-electron chi connectivity index (χ2n) is 0. The number of rotatable bonds is 0. The zero-order chi connectivity index (χ0) is 0. The molecule has 0 fully saturated rings. The fourth-order valence-electron chi connectivity index (χ4n) is 0. The van der Waals surface area contributed by atoms with Gasteiger partial charge < -0.3 is 6.15 Å². The van der Waals surface area contributed by atoms with Gasteiger partial charge in [-0.15, -0.1) is 0 Å². The molecule has 5 heteroatoms. The van der Waals surface area contributed by atoms with Gasteiger partial charge in [0.15, 0.2) is 17.4 Å². The van der Waals surface area contributed by atoms with Crippen LogP contribution < -0.4 is 6.15 Å². The van der Waals surface area contributed by atoms with Crippen molar-refractivity contribution < 1.29 is 54.4 Å². The standard InChI is InChI=1S/Al.H3N.H4Si.Ti.Y.3H/h;1H3;1H4;;;;;. The first-order chi connectivity index (χ1) is 0. The van der Waals surface area contributed by atoms with Gasteiger partial charge in [-0.25, -0.2) is 0 Å². The van der Waals surface area contributed by atoms with Crippen molar-refractivity contribution in [1.29, 1.82) is 0 Å². The van der Waals surface area contributed by atoms with E-state index in [2.05, 4.69) is 0 Å².